The van der Waals surface area contributed by atoms with Gasteiger partial charge in [0, 0.05) is 17.2 Å². The van der Waals surface area contributed by atoms with Crippen molar-refractivity contribution in [3.63, 3.8) is 0 Å². The molecule has 0 fully saturated rings. The van der Waals surface area contributed by atoms with Crippen LogP contribution >= 0.6 is 11.6 Å². The zero-order chi connectivity index (χ0) is 21.1. The van der Waals surface area contributed by atoms with Gasteiger partial charge in [0.25, 0.3) is 5.69 Å². The number of nitro groups is 1. The van der Waals surface area contributed by atoms with E-state index in [2.05, 4.69) is 0 Å². The minimum absolute atomic E-state index is 0.0319. The minimum atomic E-state index is -0.570. The van der Waals surface area contributed by atoms with Crippen LogP contribution in [0.1, 0.15) is 16.1 Å². The number of ketones is 1. The second-order valence-corrected chi connectivity index (χ2v) is 6.76. The fraction of sp³-hybridized carbons (Fsp3) is 0. The van der Waals surface area contributed by atoms with Crippen LogP contribution in [0.3, 0.4) is 0 Å². The Morgan fingerprint density at radius 3 is 2.30 bits per heavy atom. The van der Waals surface area contributed by atoms with Crippen LogP contribution in [-0.2, 0) is 0 Å². The summed E-state index contributed by atoms with van der Waals surface area (Å²) in [6.07, 6.45) is 0. The maximum atomic E-state index is 12.7. The lowest BCUT2D eigenvalue weighted by Crippen LogP contribution is -1.99. The van der Waals surface area contributed by atoms with Crippen LogP contribution in [0.15, 0.2) is 89.3 Å². The second kappa shape index (κ2) is 8.23. The van der Waals surface area contributed by atoms with E-state index in [4.69, 9.17) is 20.8 Å². The molecule has 6 nitrogen and oxygen atoms in total. The minimum Gasteiger partial charge on any atom is -0.457 e. The fourth-order valence-corrected chi connectivity index (χ4v) is 3.05. The Bertz CT molecular complexity index is 1220. The van der Waals surface area contributed by atoms with E-state index in [9.17, 15) is 14.9 Å². The number of para-hydroxylation sites is 1. The van der Waals surface area contributed by atoms with Gasteiger partial charge in [0.15, 0.2) is 5.76 Å². The molecule has 0 aliphatic rings. The largest absolute Gasteiger partial charge is 0.457 e. The topological polar surface area (TPSA) is 82.6 Å². The van der Waals surface area contributed by atoms with Gasteiger partial charge in [-0.3, -0.25) is 14.9 Å². The summed E-state index contributed by atoms with van der Waals surface area (Å²) >= 11 is 5.84. The SMILES string of the molecule is O=C(c1ccc(Oc2ccccc2)cc1)c1ccc(-c2ccc(Cl)c([N+](=O)[O-])c2)o1. The van der Waals surface area contributed by atoms with Crippen LogP contribution in [0.5, 0.6) is 11.5 Å². The van der Waals surface area contributed by atoms with Gasteiger partial charge in [-0.05, 0) is 60.7 Å². The third-order valence-electron chi connectivity index (χ3n) is 4.35. The van der Waals surface area contributed by atoms with E-state index in [1.807, 2.05) is 30.3 Å². The summed E-state index contributed by atoms with van der Waals surface area (Å²) in [7, 11) is 0. The average molecular weight is 420 g/mol. The van der Waals surface area contributed by atoms with Crippen molar-refractivity contribution in [3.8, 4) is 22.8 Å². The molecule has 0 unspecified atom stereocenters. The molecule has 0 atom stereocenters. The molecule has 148 valence electrons. The van der Waals surface area contributed by atoms with E-state index in [1.54, 1.807) is 36.4 Å². The maximum absolute atomic E-state index is 12.7. The van der Waals surface area contributed by atoms with Gasteiger partial charge < -0.3 is 9.15 Å². The standard InChI is InChI=1S/C23H14ClNO5/c24-19-11-8-16(14-20(19)25(27)28)21-12-13-22(30-21)23(26)15-6-9-18(10-7-15)29-17-4-2-1-3-5-17/h1-14H. The molecule has 30 heavy (non-hydrogen) atoms. The smallest absolute Gasteiger partial charge is 0.288 e. The van der Waals surface area contributed by atoms with Crippen molar-refractivity contribution in [2.45, 2.75) is 0 Å². The van der Waals surface area contributed by atoms with Crippen molar-refractivity contribution in [3.05, 3.63) is 111 Å². The number of nitro benzene ring substituents is 1. The number of furan rings is 1. The first kappa shape index (κ1) is 19.4. The fourth-order valence-electron chi connectivity index (χ4n) is 2.86. The highest BCUT2D eigenvalue weighted by atomic mass is 35.5. The third kappa shape index (κ3) is 4.09. The summed E-state index contributed by atoms with van der Waals surface area (Å²) in [4.78, 5) is 23.2. The van der Waals surface area contributed by atoms with E-state index >= 15 is 0 Å². The van der Waals surface area contributed by atoms with Crippen molar-refractivity contribution < 1.29 is 18.9 Å². The number of ether oxygens (including phenoxy) is 1. The molecule has 0 spiro atoms. The molecular formula is C23H14ClNO5. The zero-order valence-electron chi connectivity index (χ0n) is 15.4. The second-order valence-electron chi connectivity index (χ2n) is 6.36. The van der Waals surface area contributed by atoms with Gasteiger partial charge in [0.2, 0.25) is 5.78 Å². The Balaban J connectivity index is 1.53. The molecule has 0 N–H and O–H groups in total. The molecule has 7 heteroatoms. The Morgan fingerprint density at radius 1 is 0.900 bits per heavy atom. The van der Waals surface area contributed by atoms with Gasteiger partial charge >= 0.3 is 0 Å². The Labute approximate surface area is 176 Å². The molecule has 4 rings (SSSR count). The van der Waals surface area contributed by atoms with Crippen LogP contribution in [0.25, 0.3) is 11.3 Å². The number of hydrogen-bond acceptors (Lipinski definition) is 5. The lowest BCUT2D eigenvalue weighted by atomic mass is 10.1. The van der Waals surface area contributed by atoms with E-state index in [-0.39, 0.29) is 22.3 Å². The highest BCUT2D eigenvalue weighted by molar-refractivity contribution is 6.32. The number of hydrogen-bond donors (Lipinski definition) is 0. The number of nitrogens with zero attached hydrogens (tertiary/aromatic N) is 1. The van der Waals surface area contributed by atoms with Gasteiger partial charge in [-0.15, -0.1) is 0 Å². The van der Waals surface area contributed by atoms with E-state index in [0.29, 0.717) is 28.4 Å². The van der Waals surface area contributed by atoms with Crippen molar-refractivity contribution in [2.24, 2.45) is 0 Å². The van der Waals surface area contributed by atoms with Gasteiger partial charge in [-0.1, -0.05) is 29.8 Å². The monoisotopic (exact) mass is 419 g/mol. The molecule has 0 aliphatic heterocycles. The quantitative estimate of drug-likeness (QED) is 0.201. The summed E-state index contributed by atoms with van der Waals surface area (Å²) in [5.41, 5.74) is 0.655. The van der Waals surface area contributed by atoms with Crippen molar-refractivity contribution in [1.82, 2.24) is 0 Å². The van der Waals surface area contributed by atoms with Gasteiger partial charge in [-0.2, -0.15) is 0 Å². The lowest BCUT2D eigenvalue weighted by Gasteiger charge is -2.06. The normalized spacial score (nSPS) is 10.6. The number of benzene rings is 3. The van der Waals surface area contributed by atoms with Crippen molar-refractivity contribution in [1.29, 1.82) is 0 Å². The number of halogens is 1. The van der Waals surface area contributed by atoms with Crippen LogP contribution in [-0.4, -0.2) is 10.7 Å². The first-order chi connectivity index (χ1) is 14.5. The Hall–Kier alpha value is -3.90. The summed E-state index contributed by atoms with van der Waals surface area (Å²) in [6, 6.07) is 23.5. The molecule has 1 heterocycles. The van der Waals surface area contributed by atoms with E-state index in [0.717, 1.165) is 0 Å². The van der Waals surface area contributed by atoms with Crippen molar-refractivity contribution in [2.75, 3.05) is 0 Å². The molecule has 0 bridgehead atoms. The summed E-state index contributed by atoms with van der Waals surface area (Å²) in [5.74, 6) is 1.45. The Morgan fingerprint density at radius 2 is 1.60 bits per heavy atom. The molecule has 0 saturated heterocycles. The molecule has 3 aromatic carbocycles. The highest BCUT2D eigenvalue weighted by Crippen LogP contribution is 2.31. The number of carbonyl (C=O) groups is 1. The van der Waals surface area contributed by atoms with Gasteiger partial charge in [0.05, 0.1) is 4.92 Å². The van der Waals surface area contributed by atoms with Crippen molar-refractivity contribution >= 4 is 23.1 Å². The van der Waals surface area contributed by atoms with Gasteiger partial charge in [0.1, 0.15) is 22.3 Å². The van der Waals surface area contributed by atoms with Crippen LogP contribution in [0.4, 0.5) is 5.69 Å². The van der Waals surface area contributed by atoms with E-state index < -0.39 is 4.92 Å². The number of carbonyl (C=O) groups excluding carboxylic acids is 1. The van der Waals surface area contributed by atoms with Gasteiger partial charge in [-0.25, -0.2) is 0 Å². The average Bonchev–Trinajstić information content (AvgIpc) is 3.25. The van der Waals surface area contributed by atoms with Crippen LogP contribution < -0.4 is 4.74 Å². The zero-order valence-corrected chi connectivity index (χ0v) is 16.2. The predicted octanol–water partition coefficient (Wildman–Crippen LogP) is 6.53. The van der Waals surface area contributed by atoms with Crippen LogP contribution in [0, 0.1) is 10.1 Å². The summed E-state index contributed by atoms with van der Waals surface area (Å²) in [6.45, 7) is 0. The first-order valence-electron chi connectivity index (χ1n) is 8.93. The molecule has 0 radical (unpaired) electrons. The predicted molar refractivity (Wildman–Crippen MR) is 112 cm³/mol. The maximum Gasteiger partial charge on any atom is 0.288 e. The Kier molecular flexibility index (Phi) is 5.32. The summed E-state index contributed by atoms with van der Waals surface area (Å²) < 4.78 is 11.4. The molecule has 4 aromatic rings. The van der Waals surface area contributed by atoms with E-state index in [1.165, 1.54) is 18.2 Å². The van der Waals surface area contributed by atoms with Crippen LogP contribution in [0.2, 0.25) is 5.02 Å². The third-order valence-corrected chi connectivity index (χ3v) is 4.67. The lowest BCUT2D eigenvalue weighted by molar-refractivity contribution is -0.384. The molecule has 0 amide bonds. The first-order valence-corrected chi connectivity index (χ1v) is 9.31. The summed E-state index contributed by atoms with van der Waals surface area (Å²) in [5, 5.41) is 11.1. The molecule has 1 aromatic heterocycles. The molecular weight excluding hydrogens is 406 g/mol. The number of rotatable bonds is 6. The molecule has 0 aliphatic carbocycles. The highest BCUT2D eigenvalue weighted by Gasteiger charge is 2.18. The molecule has 0 saturated carbocycles.